The quantitative estimate of drug-likeness (QED) is 0.430. The maximum atomic E-state index is 14.5. The second-order valence-corrected chi connectivity index (χ2v) is 8.07. The van der Waals surface area contributed by atoms with E-state index in [1.807, 2.05) is 12.1 Å². The van der Waals surface area contributed by atoms with Crippen LogP contribution in [0.5, 0.6) is 0 Å². The fourth-order valence-corrected chi connectivity index (χ4v) is 3.83. The van der Waals surface area contributed by atoms with Crippen molar-refractivity contribution in [2.24, 2.45) is 11.5 Å². The number of carbonyl (C=O) groups excluding carboxylic acids is 2. The van der Waals surface area contributed by atoms with Crippen molar-refractivity contribution in [2.75, 3.05) is 30.8 Å². The predicted molar refractivity (Wildman–Crippen MR) is 118 cm³/mol. The number of hydrogen-bond donors (Lipinski definition) is 5. The first-order valence-electron chi connectivity index (χ1n) is 10.5. The van der Waals surface area contributed by atoms with E-state index in [-0.39, 0.29) is 17.2 Å². The highest BCUT2D eigenvalue weighted by atomic mass is 19.1. The maximum absolute atomic E-state index is 14.5. The summed E-state index contributed by atoms with van der Waals surface area (Å²) in [5.41, 5.74) is 12.6. The number of quaternary nitrogens is 1. The Morgan fingerprint density at radius 1 is 1.19 bits per heavy atom. The minimum Gasteiger partial charge on any atom is -0.368 e. The Morgan fingerprint density at radius 3 is 2.39 bits per heavy atom. The zero-order chi connectivity index (χ0) is 22.5. The van der Waals surface area contributed by atoms with E-state index in [4.69, 9.17) is 11.5 Å². The fraction of sp³-hybridized carbons (Fsp3) is 0.409. The van der Waals surface area contributed by atoms with E-state index in [0.717, 1.165) is 32.0 Å². The Labute approximate surface area is 181 Å². The lowest BCUT2D eigenvalue weighted by molar-refractivity contribution is -0.885. The van der Waals surface area contributed by atoms with Crippen LogP contribution in [0.25, 0.3) is 0 Å². The number of aromatic nitrogens is 1. The molecule has 166 valence electrons. The summed E-state index contributed by atoms with van der Waals surface area (Å²) in [7, 11) is 2.21. The molecule has 0 aliphatic carbocycles. The monoisotopic (exact) mass is 429 g/mol. The van der Waals surface area contributed by atoms with Crippen LogP contribution in [-0.4, -0.2) is 43.0 Å². The lowest BCUT2D eigenvalue weighted by atomic mass is 9.89. The van der Waals surface area contributed by atoms with Gasteiger partial charge in [-0.25, -0.2) is 9.37 Å². The predicted octanol–water partition coefficient (Wildman–Crippen LogP) is 1.13. The van der Waals surface area contributed by atoms with E-state index in [0.29, 0.717) is 18.0 Å². The maximum Gasteiger partial charge on any atom is 0.252 e. The summed E-state index contributed by atoms with van der Waals surface area (Å²) in [5, 5.41) is 5.73. The summed E-state index contributed by atoms with van der Waals surface area (Å²) >= 11 is 0. The number of nitrogens with two attached hydrogens (primary N) is 2. The number of pyridine rings is 1. The summed E-state index contributed by atoms with van der Waals surface area (Å²) in [4.78, 5) is 29.1. The average Bonchev–Trinajstić information content (AvgIpc) is 2.74. The molecular formula is C22H30FN6O2+. The number of benzene rings is 1. The molecule has 3 rings (SSSR count). The molecule has 0 radical (unpaired) electrons. The number of amides is 2. The molecule has 1 aliphatic rings. The number of hydrogen-bond acceptors (Lipinski definition) is 5. The molecule has 1 aromatic heterocycles. The third-order valence-electron chi connectivity index (χ3n) is 5.79. The standard InChI is InChI=1S/C22H29FN6O2/c1-3-18(20(25)31)27-22-17(23)12-16(19(24)30)21(28-22)26-15-6-4-13(5-7-15)14-8-10-29(2)11-9-14/h4-7,12,14,18H,3,8-11H2,1-2H3,(H2,24,30)(H2,25,31)(H2,26,27,28)/p+1. The molecule has 1 atom stereocenters. The molecule has 1 aliphatic heterocycles. The van der Waals surface area contributed by atoms with Crippen LogP contribution in [0.2, 0.25) is 0 Å². The Morgan fingerprint density at radius 2 is 1.84 bits per heavy atom. The minimum atomic E-state index is -0.812. The molecule has 7 N–H and O–H groups in total. The van der Waals surface area contributed by atoms with Crippen molar-refractivity contribution in [3.63, 3.8) is 0 Å². The number of anilines is 3. The number of nitrogens with one attached hydrogen (secondary N) is 3. The molecule has 1 aromatic carbocycles. The smallest absolute Gasteiger partial charge is 0.252 e. The zero-order valence-electron chi connectivity index (χ0n) is 17.9. The third kappa shape index (κ3) is 5.49. The van der Waals surface area contributed by atoms with E-state index in [2.05, 4.69) is 34.8 Å². The summed E-state index contributed by atoms with van der Waals surface area (Å²) in [6.07, 6.45) is 2.66. The highest BCUT2D eigenvalue weighted by Gasteiger charge is 2.22. The van der Waals surface area contributed by atoms with Gasteiger partial charge in [-0.15, -0.1) is 0 Å². The normalized spacial score (nSPS) is 19.5. The number of halogens is 1. The van der Waals surface area contributed by atoms with Crippen LogP contribution in [0.15, 0.2) is 30.3 Å². The van der Waals surface area contributed by atoms with Crippen LogP contribution in [0.3, 0.4) is 0 Å². The molecule has 9 heteroatoms. The Hall–Kier alpha value is -3.20. The summed E-state index contributed by atoms with van der Waals surface area (Å²) < 4.78 is 14.5. The number of likely N-dealkylation sites (tertiary alicyclic amines) is 1. The van der Waals surface area contributed by atoms with Crippen LogP contribution in [0, 0.1) is 5.82 Å². The molecule has 0 spiro atoms. The van der Waals surface area contributed by atoms with E-state index < -0.39 is 23.7 Å². The number of piperidine rings is 1. The number of primary amides is 2. The van der Waals surface area contributed by atoms with Crippen molar-refractivity contribution in [1.29, 1.82) is 0 Å². The van der Waals surface area contributed by atoms with Gasteiger partial charge in [-0.3, -0.25) is 9.59 Å². The van der Waals surface area contributed by atoms with Crippen molar-refractivity contribution >= 4 is 29.1 Å². The third-order valence-corrected chi connectivity index (χ3v) is 5.79. The van der Waals surface area contributed by atoms with Crippen molar-refractivity contribution in [3.05, 3.63) is 47.3 Å². The van der Waals surface area contributed by atoms with Crippen LogP contribution < -0.4 is 27.0 Å². The van der Waals surface area contributed by atoms with Gasteiger partial charge in [0, 0.05) is 18.5 Å². The van der Waals surface area contributed by atoms with E-state index >= 15 is 0 Å². The van der Waals surface area contributed by atoms with Gasteiger partial charge in [-0.2, -0.15) is 0 Å². The van der Waals surface area contributed by atoms with Crippen LogP contribution >= 0.6 is 0 Å². The topological polar surface area (TPSA) is 128 Å². The first kappa shape index (κ1) is 22.5. The van der Waals surface area contributed by atoms with Gasteiger partial charge in [0.2, 0.25) is 5.91 Å². The first-order chi connectivity index (χ1) is 14.8. The summed E-state index contributed by atoms with van der Waals surface area (Å²) in [5.74, 6) is -1.76. The Kier molecular flexibility index (Phi) is 7.06. The molecule has 0 bridgehead atoms. The van der Waals surface area contributed by atoms with Crippen LogP contribution in [0.4, 0.5) is 21.7 Å². The van der Waals surface area contributed by atoms with Gasteiger partial charge in [0.05, 0.1) is 25.7 Å². The average molecular weight is 430 g/mol. The largest absolute Gasteiger partial charge is 0.368 e. The summed E-state index contributed by atoms with van der Waals surface area (Å²) in [6.45, 7) is 4.06. The molecule has 1 saturated heterocycles. The van der Waals surface area contributed by atoms with Gasteiger partial charge in [0.1, 0.15) is 11.9 Å². The Balaban J connectivity index is 1.83. The number of nitrogens with zero attached hydrogens (tertiary/aromatic N) is 1. The highest BCUT2D eigenvalue weighted by Crippen LogP contribution is 2.28. The molecule has 1 unspecified atom stereocenters. The second kappa shape index (κ2) is 9.74. The molecule has 2 aromatic rings. The molecule has 2 amide bonds. The van der Waals surface area contributed by atoms with Gasteiger partial charge < -0.3 is 27.0 Å². The van der Waals surface area contributed by atoms with Crippen molar-refractivity contribution in [2.45, 2.75) is 38.1 Å². The van der Waals surface area contributed by atoms with Gasteiger partial charge in [-0.05, 0) is 36.1 Å². The fourth-order valence-electron chi connectivity index (χ4n) is 3.83. The van der Waals surface area contributed by atoms with Gasteiger partial charge >= 0.3 is 0 Å². The lowest BCUT2D eigenvalue weighted by Crippen LogP contribution is -3.10. The first-order valence-corrected chi connectivity index (χ1v) is 10.5. The summed E-state index contributed by atoms with van der Waals surface area (Å²) in [6, 6.07) is 8.14. The second-order valence-electron chi connectivity index (χ2n) is 8.07. The number of carbonyl (C=O) groups is 2. The molecule has 8 nitrogen and oxygen atoms in total. The molecule has 0 saturated carbocycles. The Bertz CT molecular complexity index is 942. The molecule has 1 fully saturated rings. The van der Waals surface area contributed by atoms with Crippen LogP contribution in [0.1, 0.15) is 48.0 Å². The van der Waals surface area contributed by atoms with Gasteiger partial charge in [0.15, 0.2) is 11.6 Å². The van der Waals surface area contributed by atoms with Crippen molar-refractivity contribution < 1.29 is 18.9 Å². The van der Waals surface area contributed by atoms with Crippen LogP contribution in [-0.2, 0) is 4.79 Å². The van der Waals surface area contributed by atoms with Crippen molar-refractivity contribution in [1.82, 2.24) is 4.98 Å². The van der Waals surface area contributed by atoms with E-state index in [1.54, 1.807) is 11.8 Å². The van der Waals surface area contributed by atoms with Gasteiger partial charge in [-0.1, -0.05) is 19.1 Å². The SMILES string of the molecule is CCC(Nc1nc(Nc2ccc(C3CC[NH+](C)CC3)cc2)c(C(N)=O)cc1F)C(N)=O. The van der Waals surface area contributed by atoms with Gasteiger partial charge in [0.25, 0.3) is 5.91 Å². The number of rotatable bonds is 8. The zero-order valence-corrected chi connectivity index (χ0v) is 17.9. The molecule has 31 heavy (non-hydrogen) atoms. The highest BCUT2D eigenvalue weighted by molar-refractivity contribution is 5.98. The molecular weight excluding hydrogens is 399 g/mol. The molecule has 2 heterocycles. The van der Waals surface area contributed by atoms with E-state index in [9.17, 15) is 14.0 Å². The van der Waals surface area contributed by atoms with Crippen molar-refractivity contribution in [3.8, 4) is 0 Å². The lowest BCUT2D eigenvalue weighted by Gasteiger charge is -2.26. The van der Waals surface area contributed by atoms with E-state index in [1.165, 1.54) is 5.56 Å². The minimum absolute atomic E-state index is 0.0856.